The van der Waals surface area contributed by atoms with E-state index < -0.39 is 20.9 Å². The predicted octanol–water partition coefficient (Wildman–Crippen LogP) is -0.276. The Balaban J connectivity index is 3.15. The second-order valence-electron chi connectivity index (χ2n) is 4.31. The molecule has 116 valence electrons. The summed E-state index contributed by atoms with van der Waals surface area (Å²) >= 11 is 0. The average Bonchev–Trinajstić information content (AvgIpc) is 2.43. The number of aromatic carboxylic acids is 1. The predicted molar refractivity (Wildman–Crippen MR) is 76.3 cm³/mol. The van der Waals surface area contributed by atoms with Gasteiger partial charge in [0.2, 0.25) is 15.9 Å². The topological polar surface area (TPSA) is 130 Å². The highest BCUT2D eigenvalue weighted by atomic mass is 32.2. The highest BCUT2D eigenvalue weighted by molar-refractivity contribution is 7.89. The van der Waals surface area contributed by atoms with Gasteiger partial charge in [0.05, 0.1) is 10.5 Å². The average molecular weight is 315 g/mol. The van der Waals surface area contributed by atoms with E-state index in [-0.39, 0.29) is 30.1 Å². The summed E-state index contributed by atoms with van der Waals surface area (Å²) < 4.78 is 25.7. The molecule has 0 spiro atoms. The maximum Gasteiger partial charge on any atom is 0.337 e. The largest absolute Gasteiger partial charge is 0.478 e. The van der Waals surface area contributed by atoms with Crippen LogP contribution in [0.5, 0.6) is 0 Å². The molecule has 1 aromatic carbocycles. The number of hydrogen-bond acceptors (Lipinski definition) is 5. The summed E-state index contributed by atoms with van der Waals surface area (Å²) in [6.07, 6.45) is -0.0308. The number of carbonyl (C=O) groups is 2. The summed E-state index contributed by atoms with van der Waals surface area (Å²) in [6.45, 7) is -0.0735. The Bertz CT molecular complexity index is 657. The van der Waals surface area contributed by atoms with E-state index in [9.17, 15) is 18.0 Å². The number of hydrogen-bond donors (Lipinski definition) is 3. The maximum atomic E-state index is 12.4. The van der Waals surface area contributed by atoms with E-state index in [1.54, 1.807) is 0 Å². The number of rotatable bonds is 6. The number of benzene rings is 1. The third-order valence-corrected chi connectivity index (χ3v) is 4.75. The summed E-state index contributed by atoms with van der Waals surface area (Å²) in [5.74, 6) is -1.68. The van der Waals surface area contributed by atoms with Crippen molar-refractivity contribution in [1.82, 2.24) is 9.62 Å². The molecule has 1 amide bonds. The number of nitrogen functional groups attached to an aromatic ring is 1. The summed E-state index contributed by atoms with van der Waals surface area (Å²) in [7, 11) is -1.34. The monoisotopic (exact) mass is 315 g/mol. The maximum absolute atomic E-state index is 12.4. The Kier molecular flexibility index (Phi) is 5.28. The number of sulfonamides is 1. The molecule has 0 heterocycles. The number of nitrogens with one attached hydrogen (secondary N) is 1. The lowest BCUT2D eigenvalue weighted by molar-refractivity contribution is -0.120. The molecule has 0 unspecified atom stereocenters. The molecule has 21 heavy (non-hydrogen) atoms. The Morgan fingerprint density at radius 2 is 2.00 bits per heavy atom. The van der Waals surface area contributed by atoms with E-state index in [0.29, 0.717) is 0 Å². The number of amides is 1. The zero-order valence-corrected chi connectivity index (χ0v) is 12.5. The lowest BCUT2D eigenvalue weighted by atomic mass is 10.2. The Labute approximate surface area is 122 Å². The molecule has 8 nitrogen and oxygen atoms in total. The third kappa shape index (κ3) is 3.92. The second-order valence-corrected chi connectivity index (χ2v) is 6.32. The number of carbonyl (C=O) groups excluding carboxylic acids is 1. The second kappa shape index (κ2) is 6.55. The number of nitrogens with two attached hydrogens (primary N) is 1. The molecular formula is C12H17N3O5S. The van der Waals surface area contributed by atoms with Crippen LogP contribution in [-0.2, 0) is 14.8 Å². The van der Waals surface area contributed by atoms with Gasteiger partial charge in [0.15, 0.2) is 0 Å². The van der Waals surface area contributed by atoms with Gasteiger partial charge in [0.25, 0.3) is 0 Å². The number of anilines is 1. The first kappa shape index (κ1) is 16.9. The molecule has 9 heteroatoms. The van der Waals surface area contributed by atoms with E-state index in [1.807, 2.05) is 0 Å². The van der Waals surface area contributed by atoms with E-state index >= 15 is 0 Å². The van der Waals surface area contributed by atoms with Gasteiger partial charge >= 0.3 is 5.97 Å². The zero-order valence-electron chi connectivity index (χ0n) is 11.7. The highest BCUT2D eigenvalue weighted by Crippen LogP contribution is 2.22. The molecule has 0 fully saturated rings. The summed E-state index contributed by atoms with van der Waals surface area (Å²) in [6, 6.07) is 3.54. The molecule has 4 N–H and O–H groups in total. The van der Waals surface area contributed by atoms with Gasteiger partial charge in [-0.15, -0.1) is 0 Å². The first-order valence-electron chi connectivity index (χ1n) is 6.00. The van der Waals surface area contributed by atoms with Crippen LogP contribution in [-0.4, -0.2) is 50.3 Å². The fourth-order valence-electron chi connectivity index (χ4n) is 1.60. The summed E-state index contributed by atoms with van der Waals surface area (Å²) in [5.41, 5.74) is 5.30. The van der Waals surface area contributed by atoms with Gasteiger partial charge in [0, 0.05) is 32.7 Å². The quantitative estimate of drug-likeness (QED) is 0.619. The van der Waals surface area contributed by atoms with E-state index in [1.165, 1.54) is 20.2 Å². The normalized spacial score (nSPS) is 11.4. The molecule has 0 aliphatic rings. The molecule has 0 saturated carbocycles. The standard InChI is InChI=1S/C12H17N3O5S/c1-14-11(16)5-6-15(2)21(19,20)10-7-8(13)3-4-9(10)12(17)18/h3-4,7H,5-6,13H2,1-2H3,(H,14,16)(H,17,18). The lowest BCUT2D eigenvalue weighted by Crippen LogP contribution is -2.32. The summed E-state index contributed by atoms with van der Waals surface area (Å²) in [4.78, 5) is 21.9. The molecule has 1 rings (SSSR count). The van der Waals surface area contributed by atoms with Gasteiger partial charge in [-0.1, -0.05) is 0 Å². The molecule has 0 saturated heterocycles. The first-order chi connectivity index (χ1) is 9.70. The van der Waals surface area contributed by atoms with Crippen LogP contribution in [0.25, 0.3) is 0 Å². The Hall–Kier alpha value is -2.13. The van der Waals surface area contributed by atoms with Crippen LogP contribution in [0.15, 0.2) is 23.1 Å². The smallest absolute Gasteiger partial charge is 0.337 e. The van der Waals surface area contributed by atoms with Crippen molar-refractivity contribution in [2.24, 2.45) is 0 Å². The number of carboxylic acid groups (broad SMARTS) is 1. The molecule has 0 aliphatic carbocycles. The van der Waals surface area contributed by atoms with Crippen molar-refractivity contribution in [3.63, 3.8) is 0 Å². The molecule has 0 bridgehead atoms. The lowest BCUT2D eigenvalue weighted by Gasteiger charge is -2.18. The SMILES string of the molecule is CNC(=O)CCN(C)S(=O)(=O)c1cc(N)ccc1C(=O)O. The van der Waals surface area contributed by atoms with Crippen molar-refractivity contribution in [3.8, 4) is 0 Å². The Morgan fingerprint density at radius 1 is 1.38 bits per heavy atom. The Morgan fingerprint density at radius 3 is 2.52 bits per heavy atom. The van der Waals surface area contributed by atoms with Crippen molar-refractivity contribution >= 4 is 27.6 Å². The van der Waals surface area contributed by atoms with Gasteiger partial charge in [-0.25, -0.2) is 17.5 Å². The van der Waals surface area contributed by atoms with Crippen molar-refractivity contribution in [1.29, 1.82) is 0 Å². The van der Waals surface area contributed by atoms with Crippen LogP contribution in [0.3, 0.4) is 0 Å². The van der Waals surface area contributed by atoms with Crippen LogP contribution >= 0.6 is 0 Å². The van der Waals surface area contributed by atoms with Crippen LogP contribution < -0.4 is 11.1 Å². The zero-order chi connectivity index (χ0) is 16.2. The van der Waals surface area contributed by atoms with Gasteiger partial charge in [-0.05, 0) is 18.2 Å². The number of nitrogens with zero attached hydrogens (tertiary/aromatic N) is 1. The molecule has 0 radical (unpaired) electrons. The van der Waals surface area contributed by atoms with E-state index in [2.05, 4.69) is 5.32 Å². The van der Waals surface area contributed by atoms with Crippen molar-refractivity contribution in [3.05, 3.63) is 23.8 Å². The van der Waals surface area contributed by atoms with E-state index in [0.717, 1.165) is 16.4 Å². The minimum absolute atomic E-state index is 0.0308. The van der Waals surface area contributed by atoms with Crippen molar-refractivity contribution in [2.45, 2.75) is 11.3 Å². The van der Waals surface area contributed by atoms with Crippen molar-refractivity contribution < 1.29 is 23.1 Å². The molecular weight excluding hydrogens is 298 g/mol. The van der Waals surface area contributed by atoms with Gasteiger partial charge in [-0.3, -0.25) is 4.79 Å². The van der Waals surface area contributed by atoms with Crippen molar-refractivity contribution in [2.75, 3.05) is 26.4 Å². The first-order valence-corrected chi connectivity index (χ1v) is 7.44. The highest BCUT2D eigenvalue weighted by Gasteiger charge is 2.27. The van der Waals surface area contributed by atoms with Crippen LogP contribution in [0, 0.1) is 0 Å². The fraction of sp³-hybridized carbons (Fsp3) is 0.333. The van der Waals surface area contributed by atoms with Crippen LogP contribution in [0.4, 0.5) is 5.69 Å². The minimum Gasteiger partial charge on any atom is -0.478 e. The molecule has 0 atom stereocenters. The van der Waals surface area contributed by atoms with Crippen LogP contribution in [0.2, 0.25) is 0 Å². The van der Waals surface area contributed by atoms with Gasteiger partial charge in [-0.2, -0.15) is 0 Å². The van der Waals surface area contributed by atoms with Gasteiger partial charge in [0.1, 0.15) is 0 Å². The molecule has 0 aromatic heterocycles. The summed E-state index contributed by atoms with van der Waals surface area (Å²) in [5, 5.41) is 11.4. The van der Waals surface area contributed by atoms with Gasteiger partial charge < -0.3 is 16.2 Å². The minimum atomic E-state index is -4.05. The number of carboxylic acids is 1. The molecule has 0 aliphatic heterocycles. The molecule has 1 aromatic rings. The van der Waals surface area contributed by atoms with E-state index in [4.69, 9.17) is 10.8 Å². The fourth-order valence-corrected chi connectivity index (χ4v) is 2.99. The third-order valence-electron chi connectivity index (χ3n) is 2.86. The van der Waals surface area contributed by atoms with Crippen LogP contribution in [0.1, 0.15) is 16.8 Å².